The molecule has 0 saturated carbocycles. The van der Waals surface area contributed by atoms with Crippen molar-refractivity contribution in [1.82, 2.24) is 4.31 Å². The number of amides is 1. The van der Waals surface area contributed by atoms with Crippen molar-refractivity contribution in [3.8, 4) is 0 Å². The smallest absolute Gasteiger partial charge is 0.255 e. The van der Waals surface area contributed by atoms with Crippen molar-refractivity contribution in [2.75, 3.05) is 18.4 Å². The molecule has 1 amide bonds. The summed E-state index contributed by atoms with van der Waals surface area (Å²) in [4.78, 5) is 25.9. The van der Waals surface area contributed by atoms with Gasteiger partial charge in [-0.15, -0.1) is 0 Å². The maximum atomic E-state index is 13.0. The van der Waals surface area contributed by atoms with Crippen LogP contribution in [-0.2, 0) is 15.4 Å². The van der Waals surface area contributed by atoms with Crippen LogP contribution in [-0.4, -0.2) is 37.5 Å². The first-order chi connectivity index (χ1) is 17.0. The number of nitrogens with zero attached hydrogens (tertiary/aromatic N) is 1. The number of benzene rings is 3. The van der Waals surface area contributed by atoms with Crippen molar-refractivity contribution in [2.24, 2.45) is 0 Å². The molecule has 1 aliphatic heterocycles. The second-order valence-electron chi connectivity index (χ2n) is 9.95. The van der Waals surface area contributed by atoms with Crippen LogP contribution in [0.4, 0.5) is 5.69 Å². The molecule has 0 radical (unpaired) electrons. The van der Waals surface area contributed by atoms with Crippen molar-refractivity contribution in [2.45, 2.75) is 43.9 Å². The Labute approximate surface area is 217 Å². The van der Waals surface area contributed by atoms with Crippen molar-refractivity contribution in [3.63, 3.8) is 0 Å². The molecule has 6 nitrogen and oxygen atoms in total. The van der Waals surface area contributed by atoms with E-state index in [9.17, 15) is 18.0 Å². The van der Waals surface area contributed by atoms with Crippen molar-refractivity contribution in [3.05, 3.63) is 94.0 Å². The van der Waals surface area contributed by atoms with E-state index in [-0.39, 0.29) is 26.7 Å². The standard InChI is InChI=1S/C28H29ClN2O4S/c1-28(2,3)22-12-9-19(10-13-22)26(32)20-7-6-8-23(17-20)30-27(33)21-11-14-24(29)25(18-21)36(34,35)31-15-4-5-16-31/h6-14,17-18H,4-5,15-16H2,1-3H3,(H,30,33). The van der Waals surface area contributed by atoms with E-state index >= 15 is 0 Å². The minimum absolute atomic E-state index is 0.0128. The fourth-order valence-electron chi connectivity index (χ4n) is 4.14. The third kappa shape index (κ3) is 5.53. The average molecular weight is 525 g/mol. The monoisotopic (exact) mass is 524 g/mol. The number of hydrogen-bond donors (Lipinski definition) is 1. The highest BCUT2D eigenvalue weighted by Gasteiger charge is 2.29. The van der Waals surface area contributed by atoms with Gasteiger partial charge in [-0.05, 0) is 54.2 Å². The van der Waals surface area contributed by atoms with Gasteiger partial charge in [-0.25, -0.2) is 8.42 Å². The summed E-state index contributed by atoms with van der Waals surface area (Å²) in [5.41, 5.74) is 2.70. The molecule has 1 saturated heterocycles. The van der Waals surface area contributed by atoms with Crippen molar-refractivity contribution < 1.29 is 18.0 Å². The fraction of sp³-hybridized carbons (Fsp3) is 0.286. The third-order valence-electron chi connectivity index (χ3n) is 6.27. The average Bonchev–Trinajstić information content (AvgIpc) is 3.39. The van der Waals surface area contributed by atoms with Gasteiger partial charge in [0.1, 0.15) is 4.90 Å². The molecule has 0 atom stereocenters. The maximum absolute atomic E-state index is 13.0. The summed E-state index contributed by atoms with van der Waals surface area (Å²) < 4.78 is 27.4. The first-order valence-electron chi connectivity index (χ1n) is 11.8. The van der Waals surface area contributed by atoms with Gasteiger partial charge in [-0.1, -0.05) is 68.8 Å². The largest absolute Gasteiger partial charge is 0.322 e. The van der Waals surface area contributed by atoms with Gasteiger partial charge < -0.3 is 5.32 Å². The van der Waals surface area contributed by atoms with Crippen LogP contribution in [0.1, 0.15) is 65.5 Å². The van der Waals surface area contributed by atoms with Gasteiger partial charge in [0.25, 0.3) is 5.91 Å². The molecule has 8 heteroatoms. The highest BCUT2D eigenvalue weighted by atomic mass is 35.5. The predicted octanol–water partition coefficient (Wildman–Crippen LogP) is 5.91. The van der Waals surface area contributed by atoms with E-state index in [0.29, 0.717) is 29.9 Å². The number of rotatable bonds is 6. The summed E-state index contributed by atoms with van der Waals surface area (Å²) in [6, 6.07) is 18.4. The van der Waals surface area contributed by atoms with Gasteiger partial charge in [0.2, 0.25) is 10.0 Å². The van der Waals surface area contributed by atoms with Gasteiger partial charge in [-0.2, -0.15) is 4.31 Å². The molecule has 1 N–H and O–H groups in total. The summed E-state index contributed by atoms with van der Waals surface area (Å²) in [5.74, 6) is -0.652. The van der Waals surface area contributed by atoms with E-state index in [1.54, 1.807) is 24.3 Å². The maximum Gasteiger partial charge on any atom is 0.255 e. The molecule has 36 heavy (non-hydrogen) atoms. The molecule has 0 bridgehead atoms. The van der Waals surface area contributed by atoms with Gasteiger partial charge in [-0.3, -0.25) is 9.59 Å². The lowest BCUT2D eigenvalue weighted by atomic mass is 9.86. The van der Waals surface area contributed by atoms with Gasteiger partial charge in [0.05, 0.1) is 5.02 Å². The second kappa shape index (κ2) is 10.2. The Bertz CT molecular complexity index is 1400. The number of hydrogen-bond acceptors (Lipinski definition) is 4. The molecular formula is C28H29ClN2O4S. The van der Waals surface area contributed by atoms with E-state index in [4.69, 9.17) is 11.6 Å². The van der Waals surface area contributed by atoms with Gasteiger partial charge in [0.15, 0.2) is 5.78 Å². The lowest BCUT2D eigenvalue weighted by Gasteiger charge is -2.19. The highest BCUT2D eigenvalue weighted by Crippen LogP contribution is 2.29. The number of anilines is 1. The Kier molecular flexibility index (Phi) is 7.36. The molecule has 0 aromatic heterocycles. The van der Waals surface area contributed by atoms with Crippen LogP contribution in [0, 0.1) is 0 Å². The van der Waals surface area contributed by atoms with Crippen LogP contribution in [0.25, 0.3) is 0 Å². The summed E-state index contributed by atoms with van der Waals surface area (Å²) >= 11 is 6.20. The normalized spacial score (nSPS) is 14.6. The highest BCUT2D eigenvalue weighted by molar-refractivity contribution is 7.89. The summed E-state index contributed by atoms with van der Waals surface area (Å²) in [6.45, 7) is 7.22. The van der Waals surface area contributed by atoms with Crippen LogP contribution in [0.2, 0.25) is 5.02 Å². The molecule has 1 aliphatic rings. The van der Waals surface area contributed by atoms with Crippen LogP contribution < -0.4 is 5.32 Å². The second-order valence-corrected chi connectivity index (χ2v) is 12.3. The van der Waals surface area contributed by atoms with E-state index in [2.05, 4.69) is 26.1 Å². The zero-order valence-corrected chi connectivity index (χ0v) is 22.1. The molecule has 4 rings (SSSR count). The minimum atomic E-state index is -3.78. The number of sulfonamides is 1. The molecule has 1 heterocycles. The zero-order valence-electron chi connectivity index (χ0n) is 20.5. The molecule has 0 spiro atoms. The zero-order chi connectivity index (χ0) is 26.1. The van der Waals surface area contributed by atoms with Gasteiger partial charge in [0, 0.05) is 35.5 Å². The lowest BCUT2D eigenvalue weighted by Crippen LogP contribution is -2.28. The van der Waals surface area contributed by atoms with Crippen LogP contribution in [0.3, 0.4) is 0 Å². The first kappa shape index (κ1) is 26.1. The Morgan fingerprint density at radius 1 is 0.861 bits per heavy atom. The summed E-state index contributed by atoms with van der Waals surface area (Å²) in [6.07, 6.45) is 1.60. The molecule has 188 valence electrons. The quantitative estimate of drug-likeness (QED) is 0.406. The first-order valence-corrected chi connectivity index (χ1v) is 13.6. The third-order valence-corrected chi connectivity index (χ3v) is 8.65. The van der Waals surface area contributed by atoms with Crippen LogP contribution in [0.5, 0.6) is 0 Å². The molecule has 3 aromatic carbocycles. The van der Waals surface area contributed by atoms with E-state index < -0.39 is 15.9 Å². The lowest BCUT2D eigenvalue weighted by molar-refractivity contribution is 0.102. The topological polar surface area (TPSA) is 83.5 Å². The fourth-order valence-corrected chi connectivity index (χ4v) is 6.16. The van der Waals surface area contributed by atoms with E-state index in [1.807, 2.05) is 24.3 Å². The SMILES string of the molecule is CC(C)(C)c1ccc(C(=O)c2cccc(NC(=O)c3ccc(Cl)c(S(=O)(=O)N4CCCC4)c3)c2)cc1. The minimum Gasteiger partial charge on any atom is -0.322 e. The number of halogens is 1. The van der Waals surface area contributed by atoms with Crippen molar-refractivity contribution in [1.29, 1.82) is 0 Å². The molecule has 1 fully saturated rings. The predicted molar refractivity (Wildman–Crippen MR) is 142 cm³/mol. The Balaban J connectivity index is 1.54. The molecule has 0 unspecified atom stereocenters. The Hall–Kier alpha value is -3.00. The van der Waals surface area contributed by atoms with E-state index in [0.717, 1.165) is 18.4 Å². The number of nitrogens with one attached hydrogen (secondary N) is 1. The van der Waals surface area contributed by atoms with Gasteiger partial charge >= 0.3 is 0 Å². The van der Waals surface area contributed by atoms with Crippen LogP contribution in [0.15, 0.2) is 71.6 Å². The molecule has 0 aliphatic carbocycles. The Morgan fingerprint density at radius 3 is 2.14 bits per heavy atom. The van der Waals surface area contributed by atoms with Crippen molar-refractivity contribution >= 4 is 39.0 Å². The number of carbonyl (C=O) groups is 2. The number of ketones is 1. The summed E-state index contributed by atoms with van der Waals surface area (Å²) in [5, 5.41) is 2.83. The van der Waals surface area contributed by atoms with Crippen LogP contribution >= 0.6 is 11.6 Å². The summed E-state index contributed by atoms with van der Waals surface area (Å²) in [7, 11) is -3.78. The molecule has 3 aromatic rings. The Morgan fingerprint density at radius 2 is 1.50 bits per heavy atom. The van der Waals surface area contributed by atoms with E-state index in [1.165, 1.54) is 22.5 Å². The molecular weight excluding hydrogens is 496 g/mol. The number of carbonyl (C=O) groups excluding carboxylic acids is 2.